The fraction of sp³-hybridized carbons (Fsp3) is 1.00. The molecule has 2 heterocycles. The van der Waals surface area contributed by atoms with E-state index in [9.17, 15) is 5.11 Å². The van der Waals surface area contributed by atoms with Gasteiger partial charge in [-0.1, -0.05) is 13.8 Å². The van der Waals surface area contributed by atoms with Gasteiger partial charge in [0.1, 0.15) is 17.6 Å². The summed E-state index contributed by atoms with van der Waals surface area (Å²) in [7, 11) is 1.61. The minimum Gasteiger partial charge on any atom is -0.387 e. The highest BCUT2D eigenvalue weighted by Crippen LogP contribution is 2.42. The van der Waals surface area contributed by atoms with Crippen LogP contribution in [0.5, 0.6) is 0 Å². The van der Waals surface area contributed by atoms with Crippen LogP contribution in [0.15, 0.2) is 0 Å². The van der Waals surface area contributed by atoms with Crippen molar-refractivity contribution in [1.29, 1.82) is 0 Å². The zero-order chi connectivity index (χ0) is 11.8. The van der Waals surface area contributed by atoms with Crippen LogP contribution in [-0.2, 0) is 14.2 Å². The SMILES string of the molecule is CCC1(CC)O[C@@H]2[C@@H](O)[C@@H](OC)SC[C@@H]2O1. The van der Waals surface area contributed by atoms with E-state index in [-0.39, 0.29) is 17.6 Å². The van der Waals surface area contributed by atoms with Crippen molar-refractivity contribution in [2.45, 2.75) is 56.2 Å². The van der Waals surface area contributed by atoms with Crippen molar-refractivity contribution in [3.8, 4) is 0 Å². The van der Waals surface area contributed by atoms with Crippen LogP contribution in [0.1, 0.15) is 26.7 Å². The molecule has 2 aliphatic rings. The maximum atomic E-state index is 10.1. The normalized spacial score (nSPS) is 42.0. The zero-order valence-corrected chi connectivity index (χ0v) is 10.8. The molecule has 2 rings (SSSR count). The lowest BCUT2D eigenvalue weighted by atomic mass is 10.1. The summed E-state index contributed by atoms with van der Waals surface area (Å²) in [6.45, 7) is 4.10. The minimum absolute atomic E-state index is 0.00806. The summed E-state index contributed by atoms with van der Waals surface area (Å²) in [5.41, 5.74) is -0.200. The van der Waals surface area contributed by atoms with E-state index in [0.717, 1.165) is 18.6 Å². The molecule has 0 spiro atoms. The second-order valence-corrected chi connectivity index (χ2v) is 5.42. The van der Waals surface area contributed by atoms with Crippen molar-refractivity contribution in [3.63, 3.8) is 0 Å². The lowest BCUT2D eigenvalue weighted by molar-refractivity contribution is -0.187. The van der Waals surface area contributed by atoms with Gasteiger partial charge >= 0.3 is 0 Å². The maximum absolute atomic E-state index is 10.1. The van der Waals surface area contributed by atoms with Gasteiger partial charge in [-0.25, -0.2) is 0 Å². The molecule has 0 saturated carbocycles. The fourth-order valence-electron chi connectivity index (χ4n) is 2.35. The first kappa shape index (κ1) is 12.6. The zero-order valence-electron chi connectivity index (χ0n) is 10.0. The predicted molar refractivity (Wildman–Crippen MR) is 62.3 cm³/mol. The predicted octanol–water partition coefficient (Wildman–Crippen LogP) is 1.37. The highest BCUT2D eigenvalue weighted by Gasteiger charge is 2.52. The molecule has 0 unspecified atom stereocenters. The van der Waals surface area contributed by atoms with Gasteiger partial charge in [0.25, 0.3) is 0 Å². The third kappa shape index (κ3) is 1.99. The molecule has 0 aliphatic carbocycles. The van der Waals surface area contributed by atoms with E-state index in [1.807, 2.05) is 13.8 Å². The summed E-state index contributed by atoms with van der Waals surface area (Å²) < 4.78 is 17.1. The van der Waals surface area contributed by atoms with Crippen molar-refractivity contribution in [2.75, 3.05) is 12.9 Å². The molecule has 2 fully saturated rings. The van der Waals surface area contributed by atoms with Gasteiger partial charge in [-0.2, -0.15) is 0 Å². The number of ether oxygens (including phenoxy) is 3. The highest BCUT2D eigenvalue weighted by molar-refractivity contribution is 7.99. The average Bonchev–Trinajstić information content (AvgIpc) is 2.70. The minimum atomic E-state index is -0.603. The van der Waals surface area contributed by atoms with E-state index in [4.69, 9.17) is 14.2 Å². The molecule has 0 radical (unpaired) electrons. The molecule has 2 saturated heterocycles. The van der Waals surface area contributed by atoms with Gasteiger partial charge in [-0.3, -0.25) is 0 Å². The Kier molecular flexibility index (Phi) is 3.81. The summed E-state index contributed by atoms with van der Waals surface area (Å²) >= 11 is 1.59. The van der Waals surface area contributed by atoms with Crippen molar-refractivity contribution >= 4 is 11.8 Å². The molecule has 2 aliphatic heterocycles. The lowest BCUT2D eigenvalue weighted by Crippen LogP contribution is -2.48. The van der Waals surface area contributed by atoms with E-state index in [2.05, 4.69) is 0 Å². The summed E-state index contributed by atoms with van der Waals surface area (Å²) in [4.78, 5) is 0. The number of methoxy groups -OCH3 is 1. The molecule has 4 atom stereocenters. The number of aliphatic hydroxyl groups is 1. The average molecular weight is 248 g/mol. The first-order chi connectivity index (χ1) is 7.65. The highest BCUT2D eigenvalue weighted by atomic mass is 32.2. The standard InChI is InChI=1S/C11H20O4S/c1-4-11(5-2)14-7-6-16-10(13-3)8(12)9(7)15-11/h7-10,12H,4-6H2,1-3H3/t7-,8+,9-,10-/m0/s1. The van der Waals surface area contributed by atoms with E-state index in [0.29, 0.717) is 0 Å². The smallest absolute Gasteiger partial charge is 0.168 e. The van der Waals surface area contributed by atoms with Gasteiger partial charge in [0, 0.05) is 12.9 Å². The van der Waals surface area contributed by atoms with Crippen LogP contribution >= 0.6 is 11.8 Å². The molecule has 5 heteroatoms. The fourth-order valence-corrected chi connectivity index (χ4v) is 3.47. The molecule has 0 bridgehead atoms. The number of thioether (sulfide) groups is 1. The van der Waals surface area contributed by atoms with Gasteiger partial charge < -0.3 is 19.3 Å². The van der Waals surface area contributed by atoms with Gasteiger partial charge in [0.05, 0.1) is 6.10 Å². The van der Waals surface area contributed by atoms with Crippen LogP contribution in [0, 0.1) is 0 Å². The molecule has 16 heavy (non-hydrogen) atoms. The van der Waals surface area contributed by atoms with Crippen LogP contribution in [0.3, 0.4) is 0 Å². The quantitative estimate of drug-likeness (QED) is 0.817. The van der Waals surface area contributed by atoms with E-state index >= 15 is 0 Å². The summed E-state index contributed by atoms with van der Waals surface area (Å²) in [5.74, 6) is 0.321. The number of fused-ring (bicyclic) bond motifs is 1. The van der Waals surface area contributed by atoms with Gasteiger partial charge in [0.2, 0.25) is 0 Å². The first-order valence-electron chi connectivity index (χ1n) is 5.84. The van der Waals surface area contributed by atoms with Crippen molar-refractivity contribution < 1.29 is 19.3 Å². The largest absolute Gasteiger partial charge is 0.387 e. The Hall–Kier alpha value is 0.190. The second kappa shape index (κ2) is 4.82. The Balaban J connectivity index is 2.09. The third-order valence-electron chi connectivity index (χ3n) is 3.43. The number of hydrogen-bond donors (Lipinski definition) is 1. The summed E-state index contributed by atoms with van der Waals surface area (Å²) in [6, 6.07) is 0. The van der Waals surface area contributed by atoms with Crippen molar-refractivity contribution in [2.24, 2.45) is 0 Å². The lowest BCUT2D eigenvalue weighted by Gasteiger charge is -2.33. The van der Waals surface area contributed by atoms with Gasteiger partial charge in [-0.15, -0.1) is 11.8 Å². The summed E-state index contributed by atoms with van der Waals surface area (Å²) in [5, 5.41) is 10.1. The molecule has 0 amide bonds. The number of hydrogen-bond acceptors (Lipinski definition) is 5. The first-order valence-corrected chi connectivity index (χ1v) is 6.88. The number of aliphatic hydroxyl groups excluding tert-OH is 1. The van der Waals surface area contributed by atoms with Crippen molar-refractivity contribution in [3.05, 3.63) is 0 Å². The van der Waals surface area contributed by atoms with E-state index in [1.54, 1.807) is 18.9 Å². The Morgan fingerprint density at radius 2 is 2.06 bits per heavy atom. The van der Waals surface area contributed by atoms with Crippen LogP contribution < -0.4 is 0 Å². The molecule has 4 nitrogen and oxygen atoms in total. The second-order valence-electron chi connectivity index (χ2n) is 4.28. The molecule has 0 aromatic carbocycles. The molecule has 94 valence electrons. The molecular formula is C11H20O4S. The Morgan fingerprint density at radius 3 is 2.62 bits per heavy atom. The maximum Gasteiger partial charge on any atom is 0.168 e. The monoisotopic (exact) mass is 248 g/mol. The molecule has 0 aromatic heterocycles. The Labute approximate surface area is 101 Å². The van der Waals surface area contributed by atoms with Crippen LogP contribution in [0.4, 0.5) is 0 Å². The molecule has 1 N–H and O–H groups in total. The van der Waals surface area contributed by atoms with Crippen LogP contribution in [-0.4, -0.2) is 47.5 Å². The number of rotatable bonds is 3. The summed E-state index contributed by atoms with van der Waals surface area (Å²) in [6.07, 6.45) is 0.767. The van der Waals surface area contributed by atoms with Crippen LogP contribution in [0.25, 0.3) is 0 Å². The van der Waals surface area contributed by atoms with E-state index < -0.39 is 11.9 Å². The third-order valence-corrected chi connectivity index (χ3v) is 4.75. The van der Waals surface area contributed by atoms with Gasteiger partial charge in [-0.05, 0) is 12.8 Å². The molecule has 0 aromatic rings. The van der Waals surface area contributed by atoms with Crippen molar-refractivity contribution in [1.82, 2.24) is 0 Å². The topological polar surface area (TPSA) is 47.9 Å². The van der Waals surface area contributed by atoms with E-state index in [1.165, 1.54) is 0 Å². The Morgan fingerprint density at radius 1 is 1.38 bits per heavy atom. The Bertz CT molecular complexity index is 244. The van der Waals surface area contributed by atoms with Crippen LogP contribution in [0.2, 0.25) is 0 Å². The molecular weight excluding hydrogens is 228 g/mol. The van der Waals surface area contributed by atoms with Gasteiger partial charge in [0.15, 0.2) is 5.79 Å².